The molecule has 0 spiro atoms. The number of aryl methyl sites for hydroxylation is 1. The summed E-state index contributed by atoms with van der Waals surface area (Å²) in [6.45, 7) is 2.57. The van der Waals surface area contributed by atoms with Crippen LogP contribution in [0, 0.1) is 12.7 Å². The van der Waals surface area contributed by atoms with E-state index in [-0.39, 0.29) is 5.82 Å². The van der Waals surface area contributed by atoms with E-state index in [1.165, 1.54) is 12.1 Å². The second-order valence-electron chi connectivity index (χ2n) is 5.85. The summed E-state index contributed by atoms with van der Waals surface area (Å²) in [5.74, 6) is 1.75. The maximum atomic E-state index is 12.9. The third kappa shape index (κ3) is 4.69. The van der Waals surface area contributed by atoms with Crippen molar-refractivity contribution >= 4 is 17.5 Å². The molecule has 0 bridgehead atoms. The number of nitrogens with one attached hydrogen (secondary N) is 2. The Labute approximate surface area is 152 Å². The molecule has 0 saturated carbocycles. The Bertz CT molecular complexity index is 868. The second kappa shape index (κ2) is 8.29. The van der Waals surface area contributed by atoms with Gasteiger partial charge in [0, 0.05) is 18.3 Å². The van der Waals surface area contributed by atoms with Crippen LogP contribution in [-0.2, 0) is 6.42 Å². The van der Waals surface area contributed by atoms with Crippen molar-refractivity contribution in [1.82, 2.24) is 9.97 Å². The maximum Gasteiger partial charge on any atom is 0.224 e. The monoisotopic (exact) mass is 352 g/mol. The quantitative estimate of drug-likeness (QED) is 0.663. The zero-order valence-corrected chi connectivity index (χ0v) is 14.8. The fraction of sp³-hybridized carbons (Fsp3) is 0.200. The highest BCUT2D eigenvalue weighted by Gasteiger charge is 2.06. The predicted molar refractivity (Wildman–Crippen MR) is 102 cm³/mol. The van der Waals surface area contributed by atoms with E-state index in [1.807, 2.05) is 37.3 Å². The molecule has 0 atom stereocenters. The van der Waals surface area contributed by atoms with Crippen LogP contribution in [-0.4, -0.2) is 23.6 Å². The van der Waals surface area contributed by atoms with Crippen LogP contribution in [0.1, 0.15) is 11.3 Å². The highest BCUT2D eigenvalue weighted by Crippen LogP contribution is 2.26. The third-order valence-corrected chi connectivity index (χ3v) is 3.83. The Morgan fingerprint density at radius 3 is 2.58 bits per heavy atom. The molecule has 5 nitrogen and oxygen atoms in total. The first-order chi connectivity index (χ1) is 12.6. The van der Waals surface area contributed by atoms with Gasteiger partial charge in [-0.15, -0.1) is 0 Å². The number of hydrogen-bond acceptors (Lipinski definition) is 5. The van der Waals surface area contributed by atoms with Crippen molar-refractivity contribution in [2.24, 2.45) is 0 Å². The summed E-state index contributed by atoms with van der Waals surface area (Å²) in [6, 6.07) is 16.0. The lowest BCUT2D eigenvalue weighted by molar-refractivity contribution is 0.417. The number of methoxy groups -OCH3 is 1. The van der Waals surface area contributed by atoms with Gasteiger partial charge in [0.1, 0.15) is 17.4 Å². The zero-order chi connectivity index (χ0) is 18.4. The molecule has 1 heterocycles. The van der Waals surface area contributed by atoms with Crippen LogP contribution in [0.4, 0.5) is 21.8 Å². The molecule has 2 aromatic carbocycles. The highest BCUT2D eigenvalue weighted by atomic mass is 19.1. The Kier molecular flexibility index (Phi) is 5.63. The molecule has 0 aliphatic heterocycles. The minimum atomic E-state index is -0.226. The van der Waals surface area contributed by atoms with Gasteiger partial charge >= 0.3 is 0 Å². The molecule has 0 aliphatic rings. The van der Waals surface area contributed by atoms with Crippen LogP contribution in [0.15, 0.2) is 54.6 Å². The molecule has 0 fully saturated rings. The van der Waals surface area contributed by atoms with Crippen LogP contribution in [0.5, 0.6) is 5.75 Å². The summed E-state index contributed by atoms with van der Waals surface area (Å²) in [6.07, 6.45) is 0.757. The molecule has 134 valence electrons. The molecule has 0 unspecified atom stereocenters. The maximum absolute atomic E-state index is 12.9. The molecule has 0 amide bonds. The zero-order valence-electron chi connectivity index (χ0n) is 14.8. The van der Waals surface area contributed by atoms with Gasteiger partial charge in [0.2, 0.25) is 5.95 Å². The lowest BCUT2D eigenvalue weighted by atomic mass is 10.1. The molecule has 0 radical (unpaired) electrons. The van der Waals surface area contributed by atoms with Gasteiger partial charge in [0.05, 0.1) is 12.8 Å². The summed E-state index contributed by atoms with van der Waals surface area (Å²) >= 11 is 0. The third-order valence-electron chi connectivity index (χ3n) is 3.83. The average Bonchev–Trinajstić information content (AvgIpc) is 2.63. The van der Waals surface area contributed by atoms with Gasteiger partial charge in [-0.1, -0.05) is 24.3 Å². The van der Waals surface area contributed by atoms with Crippen LogP contribution in [0.25, 0.3) is 0 Å². The van der Waals surface area contributed by atoms with Crippen LogP contribution >= 0.6 is 0 Å². The van der Waals surface area contributed by atoms with Crippen LogP contribution in [0.3, 0.4) is 0 Å². The molecule has 0 saturated heterocycles. The molecule has 1 aromatic heterocycles. The first kappa shape index (κ1) is 17.7. The summed E-state index contributed by atoms with van der Waals surface area (Å²) in [7, 11) is 1.63. The van der Waals surface area contributed by atoms with Crippen LogP contribution < -0.4 is 15.4 Å². The molecule has 3 aromatic rings. The lowest BCUT2D eigenvalue weighted by Crippen LogP contribution is -2.09. The van der Waals surface area contributed by atoms with Gasteiger partial charge in [-0.25, -0.2) is 9.37 Å². The number of anilines is 3. The molecule has 3 rings (SSSR count). The lowest BCUT2D eigenvalue weighted by Gasteiger charge is -2.12. The van der Waals surface area contributed by atoms with Crippen molar-refractivity contribution in [3.8, 4) is 5.75 Å². The van der Waals surface area contributed by atoms with Gasteiger partial charge < -0.3 is 15.4 Å². The fourth-order valence-electron chi connectivity index (χ4n) is 2.57. The molecule has 26 heavy (non-hydrogen) atoms. The number of hydrogen-bond donors (Lipinski definition) is 2. The largest absolute Gasteiger partial charge is 0.495 e. The first-order valence-corrected chi connectivity index (χ1v) is 8.38. The Morgan fingerprint density at radius 2 is 1.81 bits per heavy atom. The van der Waals surface area contributed by atoms with E-state index >= 15 is 0 Å². The van der Waals surface area contributed by atoms with E-state index in [1.54, 1.807) is 19.2 Å². The number of para-hydroxylation sites is 2. The summed E-state index contributed by atoms with van der Waals surface area (Å²) in [4.78, 5) is 8.91. The van der Waals surface area contributed by atoms with Crippen molar-refractivity contribution in [3.05, 3.63) is 71.7 Å². The first-order valence-electron chi connectivity index (χ1n) is 8.38. The Morgan fingerprint density at radius 1 is 1.04 bits per heavy atom. The normalized spacial score (nSPS) is 10.4. The minimum Gasteiger partial charge on any atom is -0.495 e. The summed E-state index contributed by atoms with van der Waals surface area (Å²) < 4.78 is 18.3. The Balaban J connectivity index is 1.66. The summed E-state index contributed by atoms with van der Waals surface area (Å²) in [5.41, 5.74) is 2.74. The van der Waals surface area contributed by atoms with Gasteiger partial charge in [0.25, 0.3) is 0 Å². The molecule has 2 N–H and O–H groups in total. The predicted octanol–water partition coefficient (Wildman–Crippen LogP) is 4.33. The van der Waals surface area contributed by atoms with Crippen LogP contribution in [0.2, 0.25) is 0 Å². The average molecular weight is 352 g/mol. The van der Waals surface area contributed by atoms with Gasteiger partial charge in [-0.2, -0.15) is 4.98 Å². The van der Waals surface area contributed by atoms with Gasteiger partial charge in [-0.05, 0) is 43.2 Å². The van der Waals surface area contributed by atoms with Crippen molar-refractivity contribution in [2.45, 2.75) is 13.3 Å². The number of benzene rings is 2. The van der Waals surface area contributed by atoms with E-state index in [9.17, 15) is 4.39 Å². The number of halogens is 1. The van der Waals surface area contributed by atoms with E-state index in [0.29, 0.717) is 18.3 Å². The van der Waals surface area contributed by atoms with E-state index in [2.05, 4.69) is 20.6 Å². The SMILES string of the molecule is COc1ccccc1Nc1cc(C)nc(NCCc2ccc(F)cc2)n1. The molecular formula is C20H21FN4O. The number of nitrogens with zero attached hydrogens (tertiary/aromatic N) is 2. The topological polar surface area (TPSA) is 59.1 Å². The fourth-order valence-corrected chi connectivity index (χ4v) is 2.57. The molecule has 6 heteroatoms. The Hall–Kier alpha value is -3.15. The van der Waals surface area contributed by atoms with Crippen molar-refractivity contribution in [3.63, 3.8) is 0 Å². The second-order valence-corrected chi connectivity index (χ2v) is 5.85. The minimum absolute atomic E-state index is 0.226. The molecule has 0 aliphatic carbocycles. The number of rotatable bonds is 7. The smallest absolute Gasteiger partial charge is 0.224 e. The van der Waals surface area contributed by atoms with Crippen molar-refractivity contribution < 1.29 is 9.13 Å². The standard InChI is InChI=1S/C20H21FN4O/c1-14-13-19(24-17-5-3-4-6-18(17)26-2)25-20(23-14)22-12-11-15-7-9-16(21)10-8-15/h3-10,13H,11-12H2,1-2H3,(H2,22,23,24,25). The summed E-state index contributed by atoms with van der Waals surface area (Å²) in [5, 5.41) is 6.48. The van der Waals surface area contributed by atoms with Crippen molar-refractivity contribution in [1.29, 1.82) is 0 Å². The van der Waals surface area contributed by atoms with Gasteiger partial charge in [-0.3, -0.25) is 0 Å². The molecular weight excluding hydrogens is 331 g/mol. The van der Waals surface area contributed by atoms with Crippen molar-refractivity contribution in [2.75, 3.05) is 24.3 Å². The van der Waals surface area contributed by atoms with E-state index < -0.39 is 0 Å². The van der Waals surface area contributed by atoms with Gasteiger partial charge in [0.15, 0.2) is 0 Å². The highest BCUT2D eigenvalue weighted by molar-refractivity contribution is 5.64. The number of ether oxygens (including phenoxy) is 1. The van der Waals surface area contributed by atoms with E-state index in [0.717, 1.165) is 29.1 Å². The van der Waals surface area contributed by atoms with E-state index in [4.69, 9.17) is 4.74 Å². The number of aromatic nitrogens is 2.